The Balaban J connectivity index is 3.43. The van der Waals surface area contributed by atoms with Gasteiger partial charge in [-0.25, -0.2) is 0 Å². The quantitative estimate of drug-likeness (QED) is 0.686. The molecule has 0 aliphatic heterocycles. The van der Waals surface area contributed by atoms with Crippen LogP contribution in [0.1, 0.15) is 26.7 Å². The van der Waals surface area contributed by atoms with Gasteiger partial charge >= 0.3 is 74.8 Å². The van der Waals surface area contributed by atoms with Gasteiger partial charge < -0.3 is 0 Å². The molecule has 0 aliphatic rings. The van der Waals surface area contributed by atoms with E-state index in [1.165, 1.54) is 23.3 Å². The molecule has 0 radical (unpaired) electrons. The molecule has 0 saturated heterocycles. The van der Waals surface area contributed by atoms with Gasteiger partial charge in [-0.05, 0) is 0 Å². The maximum absolute atomic E-state index is 3.81. The molecule has 9 heavy (non-hydrogen) atoms. The van der Waals surface area contributed by atoms with E-state index < -0.39 is 9.58 Å². The van der Waals surface area contributed by atoms with Crippen molar-refractivity contribution in [2.75, 3.05) is 0 Å². The molecule has 0 aromatic rings. The fraction of sp³-hybridized carbons (Fsp3) is 1.00. The molecule has 0 fully saturated rings. The fourth-order valence-electron chi connectivity index (χ4n) is 0.857. The van der Waals surface area contributed by atoms with Gasteiger partial charge in [0.2, 0.25) is 0 Å². The van der Waals surface area contributed by atoms with Gasteiger partial charge in [0.1, 0.15) is 0 Å². The zero-order chi connectivity index (χ0) is 7.33. The molecule has 0 heterocycles. The van der Waals surface area contributed by atoms with E-state index in [-0.39, 0.29) is 0 Å². The number of halogens is 2. The summed E-state index contributed by atoms with van der Waals surface area (Å²) < 4.78 is 0. The number of rotatable bonds is 4. The Morgan fingerprint density at radius 3 is 1.56 bits per heavy atom. The van der Waals surface area contributed by atoms with Crippen LogP contribution in [0, 0.1) is 0 Å². The summed E-state index contributed by atoms with van der Waals surface area (Å²) in [4.78, 5) is 0. The summed E-state index contributed by atoms with van der Waals surface area (Å²) >= 11 is 7.61. The van der Waals surface area contributed by atoms with Crippen LogP contribution in [0.3, 0.4) is 0 Å². The van der Waals surface area contributed by atoms with Crippen molar-refractivity contribution in [3.63, 3.8) is 0 Å². The van der Waals surface area contributed by atoms with Gasteiger partial charge in [0, 0.05) is 0 Å². The normalized spacial score (nSPS) is 12.0. The van der Waals surface area contributed by atoms with Crippen LogP contribution >= 0.6 is 28.0 Å². The van der Waals surface area contributed by atoms with Crippen molar-refractivity contribution < 1.29 is 0 Å². The van der Waals surface area contributed by atoms with Gasteiger partial charge in [0.15, 0.2) is 0 Å². The van der Waals surface area contributed by atoms with E-state index in [4.69, 9.17) is 0 Å². The minimum absolute atomic E-state index is 1.32. The van der Waals surface area contributed by atoms with E-state index in [9.17, 15) is 0 Å². The minimum atomic E-state index is -1.53. The summed E-state index contributed by atoms with van der Waals surface area (Å²) in [6, 6.07) is 0. The summed E-state index contributed by atoms with van der Waals surface area (Å²) in [5.41, 5.74) is 0. The standard InChI is InChI=1S/C6H14Br2Ge/c1-3-5-9(7,8)6-4-2/h3-6H2,1-2H3. The topological polar surface area (TPSA) is 0 Å². The predicted octanol–water partition coefficient (Wildman–Crippen LogP) is 4.04. The number of hydrogen-bond donors (Lipinski definition) is 0. The van der Waals surface area contributed by atoms with Crippen molar-refractivity contribution in [3.05, 3.63) is 0 Å². The first-order valence-corrected chi connectivity index (χ1v) is 16.3. The van der Waals surface area contributed by atoms with Crippen molar-refractivity contribution in [1.29, 1.82) is 0 Å². The molecule has 0 unspecified atom stereocenters. The third-order valence-electron chi connectivity index (χ3n) is 1.23. The third-order valence-corrected chi connectivity index (χ3v) is 14.6. The maximum atomic E-state index is 3.81. The first-order chi connectivity index (χ1) is 4.12. The molecule has 0 bridgehead atoms. The van der Waals surface area contributed by atoms with E-state index in [2.05, 4.69) is 41.9 Å². The Hall–Kier alpha value is 1.50. The van der Waals surface area contributed by atoms with E-state index >= 15 is 0 Å². The molecule has 0 rings (SSSR count). The summed E-state index contributed by atoms with van der Waals surface area (Å²) in [7, 11) is -1.53. The van der Waals surface area contributed by atoms with E-state index in [1.807, 2.05) is 0 Å². The Bertz CT molecular complexity index is 65.5. The van der Waals surface area contributed by atoms with E-state index in [0.717, 1.165) is 0 Å². The van der Waals surface area contributed by atoms with Gasteiger partial charge in [0.05, 0.1) is 0 Å². The molecular weight excluding hydrogens is 304 g/mol. The van der Waals surface area contributed by atoms with Gasteiger partial charge in [-0.2, -0.15) is 0 Å². The van der Waals surface area contributed by atoms with Crippen molar-refractivity contribution in [1.82, 2.24) is 0 Å². The van der Waals surface area contributed by atoms with Crippen molar-refractivity contribution >= 4 is 37.6 Å². The Kier molecular flexibility index (Phi) is 6.06. The first-order valence-electron chi connectivity index (χ1n) is 3.50. The average Bonchev–Trinajstić information content (AvgIpc) is 1.64. The molecule has 56 valence electrons. The molecule has 0 amide bonds. The second-order valence-electron chi connectivity index (χ2n) is 2.36. The van der Waals surface area contributed by atoms with E-state index in [0.29, 0.717) is 0 Å². The Morgan fingerprint density at radius 2 is 1.33 bits per heavy atom. The van der Waals surface area contributed by atoms with Crippen LogP contribution in [0.15, 0.2) is 0 Å². The molecular formula is C6H14Br2Ge. The molecule has 0 spiro atoms. The second kappa shape index (κ2) is 5.19. The van der Waals surface area contributed by atoms with Crippen molar-refractivity contribution in [2.45, 2.75) is 37.2 Å². The predicted molar refractivity (Wildman–Crippen MR) is 53.8 cm³/mol. The fourth-order valence-corrected chi connectivity index (χ4v) is 12.7. The molecule has 0 aromatic carbocycles. The molecule has 0 nitrogen and oxygen atoms in total. The summed E-state index contributed by atoms with van der Waals surface area (Å²) in [5, 5.41) is 2.79. The summed E-state index contributed by atoms with van der Waals surface area (Å²) in [5.74, 6) is 0. The molecule has 3 heteroatoms. The molecule has 0 saturated carbocycles. The van der Waals surface area contributed by atoms with Crippen LogP contribution in [0.25, 0.3) is 0 Å². The van der Waals surface area contributed by atoms with Crippen molar-refractivity contribution in [2.24, 2.45) is 0 Å². The summed E-state index contributed by atoms with van der Waals surface area (Å²) in [6.45, 7) is 4.50. The third kappa shape index (κ3) is 5.92. The van der Waals surface area contributed by atoms with Gasteiger partial charge in [-0.15, -0.1) is 0 Å². The van der Waals surface area contributed by atoms with Crippen LogP contribution in [-0.2, 0) is 0 Å². The Labute approximate surface area is 74.4 Å². The van der Waals surface area contributed by atoms with Crippen molar-refractivity contribution in [3.8, 4) is 0 Å². The van der Waals surface area contributed by atoms with Crippen LogP contribution in [-0.4, -0.2) is 9.58 Å². The van der Waals surface area contributed by atoms with Crippen LogP contribution in [0.5, 0.6) is 0 Å². The first kappa shape index (κ1) is 10.5. The van der Waals surface area contributed by atoms with Gasteiger partial charge in [0.25, 0.3) is 0 Å². The Morgan fingerprint density at radius 1 is 1.00 bits per heavy atom. The molecule has 0 atom stereocenters. The average molecular weight is 319 g/mol. The van der Waals surface area contributed by atoms with E-state index in [1.54, 1.807) is 0 Å². The molecule has 0 N–H and O–H groups in total. The SMILES string of the molecule is CC[CH2][Ge]([Br])([Br])[CH2]CC. The van der Waals surface area contributed by atoms with Gasteiger partial charge in [-0.3, -0.25) is 0 Å². The summed E-state index contributed by atoms with van der Waals surface area (Å²) in [6.07, 6.45) is 2.63. The van der Waals surface area contributed by atoms with Crippen LogP contribution < -0.4 is 0 Å². The zero-order valence-corrected chi connectivity index (χ0v) is 11.4. The molecule has 0 aromatic heterocycles. The second-order valence-corrected chi connectivity index (χ2v) is 29.4. The number of hydrogen-bond acceptors (Lipinski definition) is 0. The zero-order valence-electron chi connectivity index (χ0n) is 6.08. The van der Waals surface area contributed by atoms with Crippen LogP contribution in [0.4, 0.5) is 0 Å². The van der Waals surface area contributed by atoms with Crippen LogP contribution in [0.2, 0.25) is 10.5 Å². The molecule has 0 aliphatic carbocycles. The van der Waals surface area contributed by atoms with Gasteiger partial charge in [-0.1, -0.05) is 0 Å². The monoisotopic (exact) mass is 318 g/mol.